The summed E-state index contributed by atoms with van der Waals surface area (Å²) in [6, 6.07) is 7.15. The lowest BCUT2D eigenvalue weighted by atomic mass is 10.2. The highest BCUT2D eigenvalue weighted by atomic mass is 35.5. The summed E-state index contributed by atoms with van der Waals surface area (Å²) in [7, 11) is 0. The molecule has 2 rings (SSSR count). The number of amides is 2. The zero-order valence-electron chi connectivity index (χ0n) is 12.1. The van der Waals surface area contributed by atoms with Gasteiger partial charge in [-0.05, 0) is 30.2 Å². The summed E-state index contributed by atoms with van der Waals surface area (Å²) in [5.74, 6) is 0.671. The van der Waals surface area contributed by atoms with E-state index in [1.165, 1.54) is 0 Å². The van der Waals surface area contributed by atoms with Gasteiger partial charge in [-0.2, -0.15) is 0 Å². The van der Waals surface area contributed by atoms with Crippen molar-refractivity contribution in [1.29, 1.82) is 0 Å². The van der Waals surface area contributed by atoms with Crippen LogP contribution in [0.5, 0.6) is 0 Å². The molecule has 4 nitrogen and oxygen atoms in total. The normalized spacial score (nSPS) is 16.5. The van der Waals surface area contributed by atoms with Crippen LogP contribution in [0.4, 0.5) is 10.5 Å². The molecule has 1 aromatic carbocycles. The maximum atomic E-state index is 12.1. The molecule has 0 bridgehead atoms. The maximum Gasteiger partial charge on any atom is 0.321 e. The number of rotatable bonds is 3. The van der Waals surface area contributed by atoms with Gasteiger partial charge in [0.05, 0.1) is 0 Å². The van der Waals surface area contributed by atoms with Crippen LogP contribution in [0.2, 0.25) is 5.02 Å². The van der Waals surface area contributed by atoms with Crippen molar-refractivity contribution in [2.75, 3.05) is 38.0 Å². The number of piperazine rings is 1. The second-order valence-electron chi connectivity index (χ2n) is 5.62. The average Bonchev–Trinajstić information content (AvgIpc) is 2.41. The fourth-order valence-corrected chi connectivity index (χ4v) is 2.51. The first kappa shape index (κ1) is 15.1. The Morgan fingerprint density at radius 2 is 1.80 bits per heavy atom. The minimum atomic E-state index is -0.0310. The number of carbonyl (C=O) groups excluding carboxylic acids is 1. The number of carbonyl (C=O) groups is 1. The first-order chi connectivity index (χ1) is 9.54. The number of urea groups is 1. The van der Waals surface area contributed by atoms with Gasteiger partial charge in [0.25, 0.3) is 0 Å². The Morgan fingerprint density at radius 1 is 1.20 bits per heavy atom. The number of nitrogens with one attached hydrogen (secondary N) is 1. The highest BCUT2D eigenvalue weighted by Crippen LogP contribution is 2.14. The van der Waals surface area contributed by atoms with E-state index in [1.807, 2.05) is 17.0 Å². The molecule has 1 aliphatic rings. The van der Waals surface area contributed by atoms with Gasteiger partial charge in [0.2, 0.25) is 0 Å². The van der Waals surface area contributed by atoms with Gasteiger partial charge in [0.15, 0.2) is 0 Å². The predicted molar refractivity (Wildman–Crippen MR) is 83.3 cm³/mol. The molecule has 110 valence electrons. The molecule has 0 aromatic heterocycles. The van der Waals surface area contributed by atoms with Gasteiger partial charge < -0.3 is 10.2 Å². The lowest BCUT2D eigenvalue weighted by molar-refractivity contribution is 0.138. The Bertz CT molecular complexity index is 439. The average molecular weight is 296 g/mol. The van der Waals surface area contributed by atoms with Crippen LogP contribution in [0.3, 0.4) is 0 Å². The van der Waals surface area contributed by atoms with E-state index in [-0.39, 0.29) is 6.03 Å². The minimum Gasteiger partial charge on any atom is -0.322 e. The summed E-state index contributed by atoms with van der Waals surface area (Å²) in [4.78, 5) is 16.4. The minimum absolute atomic E-state index is 0.0310. The number of halogens is 1. The molecule has 0 unspecified atom stereocenters. The van der Waals surface area contributed by atoms with E-state index in [1.54, 1.807) is 12.1 Å². The molecule has 0 atom stereocenters. The van der Waals surface area contributed by atoms with E-state index in [2.05, 4.69) is 24.1 Å². The van der Waals surface area contributed by atoms with Crippen molar-refractivity contribution < 1.29 is 4.79 Å². The molecule has 5 heteroatoms. The third-order valence-electron chi connectivity index (χ3n) is 3.38. The Balaban J connectivity index is 1.81. The summed E-state index contributed by atoms with van der Waals surface area (Å²) < 4.78 is 0. The number of nitrogens with zero attached hydrogens (tertiary/aromatic N) is 2. The molecule has 0 radical (unpaired) electrons. The first-order valence-corrected chi connectivity index (χ1v) is 7.46. The smallest absolute Gasteiger partial charge is 0.321 e. The van der Waals surface area contributed by atoms with E-state index >= 15 is 0 Å². The molecule has 1 N–H and O–H groups in total. The van der Waals surface area contributed by atoms with Crippen molar-refractivity contribution in [3.8, 4) is 0 Å². The second kappa shape index (κ2) is 6.95. The van der Waals surface area contributed by atoms with Crippen LogP contribution in [0.25, 0.3) is 0 Å². The Hall–Kier alpha value is -1.26. The van der Waals surface area contributed by atoms with E-state index in [9.17, 15) is 4.79 Å². The zero-order valence-corrected chi connectivity index (χ0v) is 12.9. The fraction of sp³-hybridized carbons (Fsp3) is 0.533. The van der Waals surface area contributed by atoms with Crippen molar-refractivity contribution in [2.24, 2.45) is 5.92 Å². The largest absolute Gasteiger partial charge is 0.322 e. The number of hydrogen-bond donors (Lipinski definition) is 1. The highest BCUT2D eigenvalue weighted by Gasteiger charge is 2.21. The summed E-state index contributed by atoms with van der Waals surface area (Å²) in [6.45, 7) is 9.02. The Kier molecular flexibility index (Phi) is 5.26. The van der Waals surface area contributed by atoms with E-state index in [4.69, 9.17) is 11.6 Å². The van der Waals surface area contributed by atoms with E-state index < -0.39 is 0 Å². The van der Waals surface area contributed by atoms with Gasteiger partial charge >= 0.3 is 6.03 Å². The van der Waals surface area contributed by atoms with Crippen LogP contribution in [0.15, 0.2) is 24.3 Å². The summed E-state index contributed by atoms with van der Waals surface area (Å²) in [6.07, 6.45) is 0. The second-order valence-corrected chi connectivity index (χ2v) is 6.05. The SMILES string of the molecule is CC(C)CN1CCN(C(=O)Nc2ccc(Cl)cc2)CC1. The van der Waals surface area contributed by atoms with Crippen molar-refractivity contribution in [1.82, 2.24) is 9.80 Å². The number of hydrogen-bond acceptors (Lipinski definition) is 2. The molecular formula is C15H22ClN3O. The molecule has 1 heterocycles. The third-order valence-corrected chi connectivity index (χ3v) is 3.63. The molecule has 1 aromatic rings. The van der Waals surface area contributed by atoms with Crippen LogP contribution in [-0.4, -0.2) is 48.6 Å². The van der Waals surface area contributed by atoms with Crippen LogP contribution in [0.1, 0.15) is 13.8 Å². The standard InChI is InChI=1S/C15H22ClN3O/c1-12(2)11-18-7-9-19(10-8-18)15(20)17-14-5-3-13(16)4-6-14/h3-6,12H,7-11H2,1-2H3,(H,17,20). The summed E-state index contributed by atoms with van der Waals surface area (Å²) in [5, 5.41) is 3.58. The van der Waals surface area contributed by atoms with Crippen molar-refractivity contribution in [3.05, 3.63) is 29.3 Å². The lowest BCUT2D eigenvalue weighted by Gasteiger charge is -2.35. The molecule has 1 saturated heterocycles. The monoisotopic (exact) mass is 295 g/mol. The molecule has 0 aliphatic carbocycles. The first-order valence-electron chi connectivity index (χ1n) is 7.08. The van der Waals surface area contributed by atoms with Gasteiger partial charge in [-0.15, -0.1) is 0 Å². The van der Waals surface area contributed by atoms with Crippen LogP contribution in [0, 0.1) is 5.92 Å². The van der Waals surface area contributed by atoms with Gasteiger partial charge in [0, 0.05) is 43.4 Å². The van der Waals surface area contributed by atoms with Crippen molar-refractivity contribution in [3.63, 3.8) is 0 Å². The highest BCUT2D eigenvalue weighted by molar-refractivity contribution is 6.30. The van der Waals surface area contributed by atoms with Gasteiger partial charge in [-0.1, -0.05) is 25.4 Å². The van der Waals surface area contributed by atoms with E-state index in [0.29, 0.717) is 10.9 Å². The van der Waals surface area contributed by atoms with Gasteiger partial charge in [0.1, 0.15) is 0 Å². The lowest BCUT2D eigenvalue weighted by Crippen LogP contribution is -2.50. The van der Waals surface area contributed by atoms with Crippen LogP contribution in [-0.2, 0) is 0 Å². The maximum absolute atomic E-state index is 12.1. The summed E-state index contributed by atoms with van der Waals surface area (Å²) in [5.41, 5.74) is 0.781. The molecule has 0 spiro atoms. The quantitative estimate of drug-likeness (QED) is 0.930. The third kappa shape index (κ3) is 4.39. The fourth-order valence-electron chi connectivity index (χ4n) is 2.39. The topological polar surface area (TPSA) is 35.6 Å². The molecule has 1 fully saturated rings. The molecule has 0 saturated carbocycles. The van der Waals surface area contributed by atoms with Crippen LogP contribution >= 0.6 is 11.6 Å². The Labute approximate surface area is 125 Å². The number of anilines is 1. The predicted octanol–water partition coefficient (Wildman–Crippen LogP) is 3.15. The summed E-state index contributed by atoms with van der Waals surface area (Å²) >= 11 is 5.83. The zero-order chi connectivity index (χ0) is 14.5. The number of benzene rings is 1. The van der Waals surface area contributed by atoms with Crippen LogP contribution < -0.4 is 5.32 Å². The molecule has 2 amide bonds. The Morgan fingerprint density at radius 3 is 2.35 bits per heavy atom. The molecular weight excluding hydrogens is 274 g/mol. The van der Waals surface area contributed by atoms with Crippen molar-refractivity contribution >= 4 is 23.3 Å². The molecule has 20 heavy (non-hydrogen) atoms. The van der Waals surface area contributed by atoms with Crippen molar-refractivity contribution in [2.45, 2.75) is 13.8 Å². The van der Waals surface area contributed by atoms with E-state index in [0.717, 1.165) is 38.4 Å². The van der Waals surface area contributed by atoms with Gasteiger partial charge in [-0.3, -0.25) is 4.90 Å². The molecule has 1 aliphatic heterocycles. The van der Waals surface area contributed by atoms with Gasteiger partial charge in [-0.25, -0.2) is 4.79 Å².